The molecule has 0 spiro atoms. The van der Waals surface area contributed by atoms with E-state index < -0.39 is 30.6 Å². The summed E-state index contributed by atoms with van der Waals surface area (Å²) in [6.45, 7) is 0. The van der Waals surface area contributed by atoms with Crippen LogP contribution in [0.25, 0.3) is 0 Å². The van der Waals surface area contributed by atoms with Crippen molar-refractivity contribution >= 4 is 17.7 Å². The molecule has 0 bridgehead atoms. The van der Waals surface area contributed by atoms with E-state index in [1.165, 1.54) is 24.3 Å². The van der Waals surface area contributed by atoms with Gasteiger partial charge in [-0.3, -0.25) is 4.79 Å². The number of rotatable bonds is 8. The lowest BCUT2D eigenvalue weighted by atomic mass is 10.0. The molecule has 0 aliphatic carbocycles. The molecule has 28 heavy (non-hydrogen) atoms. The van der Waals surface area contributed by atoms with E-state index in [9.17, 15) is 22.8 Å². The lowest BCUT2D eigenvalue weighted by Gasteiger charge is -2.20. The molecule has 150 valence electrons. The van der Waals surface area contributed by atoms with Gasteiger partial charge in [-0.25, -0.2) is 4.79 Å². The molecule has 0 aromatic heterocycles. The molecule has 2 amide bonds. The number of para-hydroxylation sites is 1. The van der Waals surface area contributed by atoms with Gasteiger partial charge in [0.25, 0.3) is 0 Å². The number of nitrogens with one attached hydrogen (secondary N) is 2. The SMILES string of the molecule is O=C(O)CCC(Cc1ccccc1)NC(=O)Nc1ccccc1CC(F)(F)F. The Morgan fingerprint density at radius 1 is 1.00 bits per heavy atom. The van der Waals surface area contributed by atoms with Crippen molar-refractivity contribution in [1.29, 1.82) is 0 Å². The molecule has 0 aliphatic rings. The molecule has 0 saturated heterocycles. The molecule has 2 aromatic carbocycles. The van der Waals surface area contributed by atoms with Crippen molar-refractivity contribution in [2.75, 3.05) is 5.32 Å². The maximum atomic E-state index is 12.7. The minimum absolute atomic E-state index is 0.0460. The summed E-state index contributed by atoms with van der Waals surface area (Å²) in [5, 5.41) is 14.0. The third-order valence-corrected chi connectivity index (χ3v) is 4.02. The van der Waals surface area contributed by atoms with Gasteiger partial charge in [0.05, 0.1) is 6.42 Å². The fourth-order valence-corrected chi connectivity index (χ4v) is 2.78. The normalized spacial score (nSPS) is 12.2. The number of amides is 2. The number of hydrogen-bond acceptors (Lipinski definition) is 2. The molecule has 2 aromatic rings. The zero-order chi connectivity index (χ0) is 20.6. The van der Waals surface area contributed by atoms with Gasteiger partial charge in [-0.1, -0.05) is 48.5 Å². The molecule has 0 saturated carbocycles. The monoisotopic (exact) mass is 394 g/mol. The van der Waals surface area contributed by atoms with E-state index in [1.54, 1.807) is 0 Å². The van der Waals surface area contributed by atoms with E-state index in [1.807, 2.05) is 30.3 Å². The molecular weight excluding hydrogens is 373 g/mol. The molecule has 0 aliphatic heterocycles. The van der Waals surface area contributed by atoms with E-state index in [-0.39, 0.29) is 24.1 Å². The first kappa shape index (κ1) is 21.3. The highest BCUT2D eigenvalue weighted by molar-refractivity contribution is 5.90. The van der Waals surface area contributed by atoms with E-state index in [2.05, 4.69) is 10.6 Å². The van der Waals surface area contributed by atoms with E-state index in [4.69, 9.17) is 5.11 Å². The standard InChI is InChI=1S/C20H21F3N2O3/c21-20(22,23)13-15-8-4-5-9-17(15)25-19(28)24-16(10-11-18(26)27)12-14-6-2-1-3-7-14/h1-9,16H,10-13H2,(H,26,27)(H2,24,25,28). The molecule has 3 N–H and O–H groups in total. The quantitative estimate of drug-likeness (QED) is 0.621. The molecule has 8 heteroatoms. The molecule has 5 nitrogen and oxygen atoms in total. The number of halogens is 3. The predicted molar refractivity (Wildman–Crippen MR) is 99.2 cm³/mol. The molecule has 0 heterocycles. The lowest BCUT2D eigenvalue weighted by Crippen LogP contribution is -2.39. The lowest BCUT2D eigenvalue weighted by molar-refractivity contribution is -0.137. The van der Waals surface area contributed by atoms with Crippen molar-refractivity contribution in [1.82, 2.24) is 5.32 Å². The topological polar surface area (TPSA) is 78.4 Å². The molecule has 0 radical (unpaired) electrons. The number of benzene rings is 2. The van der Waals surface area contributed by atoms with Crippen molar-refractivity contribution in [2.24, 2.45) is 0 Å². The van der Waals surface area contributed by atoms with Crippen molar-refractivity contribution in [3.63, 3.8) is 0 Å². The highest BCUT2D eigenvalue weighted by Gasteiger charge is 2.29. The number of carboxylic acid groups (broad SMARTS) is 1. The number of anilines is 1. The van der Waals surface area contributed by atoms with E-state index in [0.717, 1.165) is 5.56 Å². The van der Waals surface area contributed by atoms with Crippen LogP contribution in [0.2, 0.25) is 0 Å². The van der Waals surface area contributed by atoms with Crippen molar-refractivity contribution < 1.29 is 27.9 Å². The van der Waals surface area contributed by atoms with Crippen LogP contribution >= 0.6 is 0 Å². The van der Waals surface area contributed by atoms with Gasteiger partial charge in [-0.15, -0.1) is 0 Å². The number of urea groups is 1. The molecular formula is C20H21F3N2O3. The molecule has 0 fully saturated rings. The van der Waals surface area contributed by atoms with E-state index in [0.29, 0.717) is 6.42 Å². The first-order valence-electron chi connectivity index (χ1n) is 8.71. The zero-order valence-electron chi connectivity index (χ0n) is 15.0. The van der Waals surface area contributed by atoms with Crippen LogP contribution in [-0.4, -0.2) is 29.3 Å². The Kier molecular flexibility index (Phi) is 7.43. The fourth-order valence-electron chi connectivity index (χ4n) is 2.78. The summed E-state index contributed by atoms with van der Waals surface area (Å²) in [6.07, 6.45) is -5.09. The van der Waals surface area contributed by atoms with Gasteiger partial charge >= 0.3 is 18.2 Å². The van der Waals surface area contributed by atoms with Crippen LogP contribution in [0.1, 0.15) is 24.0 Å². The summed E-state index contributed by atoms with van der Waals surface area (Å²) in [4.78, 5) is 23.2. The zero-order valence-corrected chi connectivity index (χ0v) is 15.0. The first-order chi connectivity index (χ1) is 13.2. The van der Waals surface area contributed by atoms with Gasteiger partial charge in [-0.2, -0.15) is 13.2 Å². The van der Waals surface area contributed by atoms with Gasteiger partial charge in [0.1, 0.15) is 0 Å². The minimum atomic E-state index is -4.40. The third-order valence-electron chi connectivity index (χ3n) is 4.02. The molecule has 1 unspecified atom stereocenters. The molecule has 2 rings (SSSR count). The molecule has 1 atom stereocenters. The number of carbonyl (C=O) groups excluding carboxylic acids is 1. The summed E-state index contributed by atoms with van der Waals surface area (Å²) in [5.41, 5.74) is 0.931. The Bertz CT molecular complexity index is 795. The average molecular weight is 394 g/mol. The van der Waals surface area contributed by atoms with Gasteiger partial charge in [0, 0.05) is 18.2 Å². The van der Waals surface area contributed by atoms with Crippen molar-refractivity contribution in [2.45, 2.75) is 37.9 Å². The second kappa shape index (κ2) is 9.77. The van der Waals surface area contributed by atoms with Gasteiger partial charge in [-0.05, 0) is 30.0 Å². The Morgan fingerprint density at radius 3 is 2.29 bits per heavy atom. The Balaban J connectivity index is 2.05. The number of carbonyl (C=O) groups is 2. The average Bonchev–Trinajstić information content (AvgIpc) is 2.61. The summed E-state index contributed by atoms with van der Waals surface area (Å²) in [7, 11) is 0. The second-order valence-corrected chi connectivity index (χ2v) is 6.37. The highest BCUT2D eigenvalue weighted by atomic mass is 19.4. The Labute approximate surface area is 160 Å². The number of alkyl halides is 3. The maximum absolute atomic E-state index is 12.7. The highest BCUT2D eigenvalue weighted by Crippen LogP contribution is 2.26. The number of hydrogen-bond donors (Lipinski definition) is 3. The maximum Gasteiger partial charge on any atom is 0.393 e. The first-order valence-corrected chi connectivity index (χ1v) is 8.71. The van der Waals surface area contributed by atoms with E-state index >= 15 is 0 Å². The van der Waals surface area contributed by atoms with Crippen LogP contribution in [0.5, 0.6) is 0 Å². The Hall–Kier alpha value is -3.03. The fraction of sp³-hybridized carbons (Fsp3) is 0.300. The van der Waals surface area contributed by atoms with Gasteiger partial charge in [0.2, 0.25) is 0 Å². The van der Waals surface area contributed by atoms with Crippen LogP contribution in [0, 0.1) is 0 Å². The Morgan fingerprint density at radius 2 is 1.64 bits per heavy atom. The summed E-state index contributed by atoms with van der Waals surface area (Å²) in [6, 6.07) is 13.7. The largest absolute Gasteiger partial charge is 0.481 e. The van der Waals surface area contributed by atoms with Crippen LogP contribution in [0.3, 0.4) is 0 Å². The van der Waals surface area contributed by atoms with Gasteiger partial charge in [0.15, 0.2) is 0 Å². The third kappa shape index (κ3) is 7.69. The van der Waals surface area contributed by atoms with Crippen LogP contribution in [0.15, 0.2) is 54.6 Å². The summed E-state index contributed by atoms with van der Waals surface area (Å²) < 4.78 is 38.1. The summed E-state index contributed by atoms with van der Waals surface area (Å²) >= 11 is 0. The second-order valence-electron chi connectivity index (χ2n) is 6.37. The summed E-state index contributed by atoms with van der Waals surface area (Å²) in [5.74, 6) is -0.990. The van der Waals surface area contributed by atoms with Gasteiger partial charge < -0.3 is 15.7 Å². The van der Waals surface area contributed by atoms with Crippen molar-refractivity contribution in [3.05, 3.63) is 65.7 Å². The number of aliphatic carboxylic acids is 1. The van der Waals surface area contributed by atoms with Crippen LogP contribution in [-0.2, 0) is 17.6 Å². The predicted octanol–water partition coefficient (Wildman–Crippen LogP) is 4.39. The smallest absolute Gasteiger partial charge is 0.393 e. The van der Waals surface area contributed by atoms with Crippen LogP contribution in [0.4, 0.5) is 23.7 Å². The van der Waals surface area contributed by atoms with Crippen molar-refractivity contribution in [3.8, 4) is 0 Å². The number of carboxylic acids is 1. The minimum Gasteiger partial charge on any atom is -0.481 e. The van der Waals surface area contributed by atoms with Crippen LogP contribution < -0.4 is 10.6 Å².